The molecule has 5 rings (SSSR count). The van der Waals surface area contributed by atoms with Crippen LogP contribution in [0.1, 0.15) is 56.5 Å². The number of carbonyl (C=O) groups is 1. The zero-order valence-corrected chi connectivity index (χ0v) is 26.2. The maximum Gasteiger partial charge on any atom is 0.334 e. The number of hydrogen-bond donors (Lipinski definition) is 0. The number of tetrazole rings is 1. The highest BCUT2D eigenvalue weighted by Crippen LogP contribution is 2.39. The van der Waals surface area contributed by atoms with E-state index in [0.29, 0.717) is 58.8 Å². The third-order valence-electron chi connectivity index (χ3n) is 7.17. The summed E-state index contributed by atoms with van der Waals surface area (Å²) in [5.41, 5.74) is 2.55. The highest BCUT2D eigenvalue weighted by atomic mass is 16.7. The molecule has 0 aliphatic carbocycles. The van der Waals surface area contributed by atoms with Crippen molar-refractivity contribution in [3.05, 3.63) is 65.0 Å². The third kappa shape index (κ3) is 7.19. The van der Waals surface area contributed by atoms with Gasteiger partial charge in [0, 0.05) is 36.1 Å². The fourth-order valence-electron chi connectivity index (χ4n) is 4.91. The Morgan fingerprint density at radius 1 is 1.04 bits per heavy atom. The minimum atomic E-state index is -0.448. The van der Waals surface area contributed by atoms with Gasteiger partial charge in [-0.2, -0.15) is 4.80 Å². The van der Waals surface area contributed by atoms with Gasteiger partial charge in [-0.3, -0.25) is 4.57 Å². The van der Waals surface area contributed by atoms with Crippen LogP contribution < -0.4 is 23.7 Å². The van der Waals surface area contributed by atoms with Crippen molar-refractivity contribution in [2.24, 2.45) is 0 Å². The molecule has 0 radical (unpaired) electrons. The summed E-state index contributed by atoms with van der Waals surface area (Å²) < 4.78 is 36.0. The molecular formula is C32H38N6O7. The van der Waals surface area contributed by atoms with Crippen molar-refractivity contribution in [3.8, 4) is 34.4 Å². The van der Waals surface area contributed by atoms with Gasteiger partial charge >= 0.3 is 5.97 Å². The second-order valence-corrected chi connectivity index (χ2v) is 10.1. The molecule has 0 unspecified atom stereocenters. The lowest BCUT2D eigenvalue weighted by Crippen LogP contribution is -2.12. The fourth-order valence-corrected chi connectivity index (χ4v) is 4.91. The summed E-state index contributed by atoms with van der Waals surface area (Å²) in [6.45, 7) is 6.89. The number of esters is 1. The highest BCUT2D eigenvalue weighted by Gasteiger charge is 2.23. The van der Waals surface area contributed by atoms with Gasteiger partial charge in [0.1, 0.15) is 23.1 Å². The first-order valence-electron chi connectivity index (χ1n) is 15.0. The van der Waals surface area contributed by atoms with E-state index in [1.54, 1.807) is 45.5 Å². The Balaban J connectivity index is 1.58. The molecule has 0 atom stereocenters. The molecule has 1 aliphatic heterocycles. The molecule has 1 aliphatic rings. The van der Waals surface area contributed by atoms with Crippen molar-refractivity contribution in [2.45, 2.75) is 59.6 Å². The molecule has 0 amide bonds. The second-order valence-electron chi connectivity index (χ2n) is 10.1. The molecule has 0 saturated carbocycles. The van der Waals surface area contributed by atoms with Gasteiger partial charge in [-0.25, -0.2) is 9.78 Å². The molecule has 0 N–H and O–H groups in total. The van der Waals surface area contributed by atoms with Gasteiger partial charge in [0.2, 0.25) is 12.6 Å². The Hall–Kier alpha value is -5.07. The first kappa shape index (κ1) is 31.4. The predicted octanol–water partition coefficient (Wildman–Crippen LogP) is 4.74. The number of aryl methyl sites for hydroxylation is 2. The molecule has 0 spiro atoms. The molecule has 2 aromatic heterocycles. The normalized spacial score (nSPS) is 12.3. The Morgan fingerprint density at radius 2 is 1.87 bits per heavy atom. The first-order chi connectivity index (χ1) is 22.0. The summed E-state index contributed by atoms with van der Waals surface area (Å²) in [5, 5.41) is 12.4. The number of fused-ring (bicyclic) bond motifs is 1. The van der Waals surface area contributed by atoms with Gasteiger partial charge < -0.3 is 28.4 Å². The van der Waals surface area contributed by atoms with Crippen LogP contribution >= 0.6 is 0 Å². The van der Waals surface area contributed by atoms with E-state index in [4.69, 9.17) is 33.4 Å². The topological polar surface area (TPSA) is 134 Å². The van der Waals surface area contributed by atoms with E-state index in [1.807, 2.05) is 29.7 Å². The number of benzene rings is 2. The lowest BCUT2D eigenvalue weighted by molar-refractivity contribution is -0.138. The van der Waals surface area contributed by atoms with Crippen molar-refractivity contribution >= 4 is 12.0 Å². The van der Waals surface area contributed by atoms with E-state index < -0.39 is 5.97 Å². The molecule has 13 heteroatoms. The van der Waals surface area contributed by atoms with Crippen LogP contribution in [0, 0.1) is 0 Å². The Morgan fingerprint density at radius 3 is 2.58 bits per heavy atom. The van der Waals surface area contributed by atoms with Crippen LogP contribution in [0.15, 0.2) is 42.1 Å². The summed E-state index contributed by atoms with van der Waals surface area (Å²) in [6, 6.07) is 9.16. The Kier molecular flexibility index (Phi) is 10.2. The van der Waals surface area contributed by atoms with E-state index in [1.165, 1.54) is 4.80 Å². The van der Waals surface area contributed by atoms with E-state index in [2.05, 4.69) is 22.3 Å². The van der Waals surface area contributed by atoms with Crippen LogP contribution in [0.25, 0.3) is 11.8 Å². The Labute approximate surface area is 261 Å². The second kappa shape index (κ2) is 14.6. The van der Waals surface area contributed by atoms with Crippen LogP contribution in [0.3, 0.4) is 0 Å². The van der Waals surface area contributed by atoms with Crippen LogP contribution in [0.4, 0.5) is 0 Å². The summed E-state index contributed by atoms with van der Waals surface area (Å²) in [7, 11) is 3.18. The van der Waals surface area contributed by atoms with Crippen LogP contribution in [-0.2, 0) is 35.5 Å². The number of aromatic nitrogens is 6. The molecule has 45 heavy (non-hydrogen) atoms. The molecule has 13 nitrogen and oxygen atoms in total. The maximum absolute atomic E-state index is 13.4. The molecule has 3 heterocycles. The van der Waals surface area contributed by atoms with Gasteiger partial charge in [0.05, 0.1) is 44.9 Å². The zero-order valence-electron chi connectivity index (χ0n) is 26.2. The Bertz CT molecular complexity index is 1660. The lowest BCUT2D eigenvalue weighted by Gasteiger charge is -2.17. The maximum atomic E-state index is 13.4. The van der Waals surface area contributed by atoms with Crippen LogP contribution in [-0.4, -0.2) is 63.3 Å². The quantitative estimate of drug-likeness (QED) is 0.135. The minimum absolute atomic E-state index is 0.0995. The number of imidazole rings is 1. The average Bonchev–Trinajstić information content (AvgIpc) is 3.81. The molecule has 238 valence electrons. The SMILES string of the molecule is CCCCc1ncc(/C=C(\Cc2cc3c(cc2OC)OCO3)C(=O)OCC)n1-c1ccc(OC)cc1OCc1nnn(CC)n1. The van der Waals surface area contributed by atoms with E-state index >= 15 is 0 Å². The van der Waals surface area contributed by atoms with Crippen LogP contribution in [0.2, 0.25) is 0 Å². The van der Waals surface area contributed by atoms with Crippen LogP contribution in [0.5, 0.6) is 28.7 Å². The predicted molar refractivity (Wildman–Crippen MR) is 164 cm³/mol. The summed E-state index contributed by atoms with van der Waals surface area (Å²) in [5.74, 6) is 3.73. The van der Waals surface area contributed by atoms with Gasteiger partial charge in [-0.1, -0.05) is 13.3 Å². The molecule has 4 aromatic rings. The minimum Gasteiger partial charge on any atom is -0.497 e. The number of unbranched alkanes of at least 4 members (excludes halogenated alkanes) is 1. The summed E-state index contributed by atoms with van der Waals surface area (Å²) in [6.07, 6.45) is 6.40. The van der Waals surface area contributed by atoms with E-state index in [0.717, 1.165) is 29.9 Å². The smallest absolute Gasteiger partial charge is 0.334 e. The third-order valence-corrected chi connectivity index (χ3v) is 7.17. The summed E-state index contributed by atoms with van der Waals surface area (Å²) >= 11 is 0. The number of nitrogens with zero attached hydrogens (tertiary/aromatic N) is 6. The largest absolute Gasteiger partial charge is 0.497 e. The number of carbonyl (C=O) groups excluding carboxylic acids is 1. The average molecular weight is 619 g/mol. The first-order valence-corrected chi connectivity index (χ1v) is 15.0. The number of methoxy groups -OCH3 is 2. The molecule has 0 fully saturated rings. The van der Waals surface area contributed by atoms with E-state index in [9.17, 15) is 4.79 Å². The van der Waals surface area contributed by atoms with Gasteiger partial charge in [0.25, 0.3) is 0 Å². The van der Waals surface area contributed by atoms with Crippen molar-refractivity contribution < 1.29 is 33.2 Å². The van der Waals surface area contributed by atoms with Gasteiger partial charge in [-0.15, -0.1) is 10.2 Å². The molecule has 0 saturated heterocycles. The molecule has 0 bridgehead atoms. The summed E-state index contributed by atoms with van der Waals surface area (Å²) in [4.78, 5) is 19.6. The van der Waals surface area contributed by atoms with E-state index in [-0.39, 0.29) is 26.4 Å². The lowest BCUT2D eigenvalue weighted by atomic mass is 10.0. The molecular weight excluding hydrogens is 580 g/mol. The van der Waals surface area contributed by atoms with Crippen molar-refractivity contribution in [3.63, 3.8) is 0 Å². The molecule has 2 aromatic carbocycles. The van der Waals surface area contributed by atoms with Crippen molar-refractivity contribution in [1.82, 2.24) is 29.8 Å². The van der Waals surface area contributed by atoms with Gasteiger partial charge in [-0.05, 0) is 49.8 Å². The fraction of sp³-hybridized carbons (Fsp3) is 0.406. The highest BCUT2D eigenvalue weighted by molar-refractivity contribution is 5.94. The number of ether oxygens (including phenoxy) is 6. The standard InChI is InChI=1S/C32H38N6O7/c1-6-9-10-31-33-18-23(14-22(32(39)42-8-3)13-21-15-28-29(45-20-44-28)17-26(21)41-5)38(31)25-12-11-24(40-4)16-27(25)43-19-30-34-36-37(7-2)35-30/h11-12,14-18H,6-10,13,19-20H2,1-5H3/b22-14+. The number of rotatable bonds is 15. The van der Waals surface area contributed by atoms with Crippen molar-refractivity contribution in [2.75, 3.05) is 27.6 Å². The number of hydrogen-bond acceptors (Lipinski definition) is 11. The zero-order chi connectivity index (χ0) is 31.8. The van der Waals surface area contributed by atoms with Crippen molar-refractivity contribution in [1.29, 1.82) is 0 Å². The van der Waals surface area contributed by atoms with Gasteiger partial charge in [0.15, 0.2) is 18.1 Å². The monoisotopic (exact) mass is 618 g/mol.